The average molecular weight is 306 g/mol. The highest BCUT2D eigenvalue weighted by atomic mass is 16.4. The van der Waals surface area contributed by atoms with E-state index in [0.29, 0.717) is 0 Å². The molecule has 1 aromatic heterocycles. The number of nitrogen functional groups attached to an aromatic ring is 1. The Labute approximate surface area is 129 Å². The molecule has 0 amide bonds. The second kappa shape index (κ2) is 7.24. The lowest BCUT2D eigenvalue weighted by Gasteiger charge is -2.19. The zero-order chi connectivity index (χ0) is 16.1. The van der Waals surface area contributed by atoms with Crippen molar-refractivity contribution in [2.45, 2.75) is 57.8 Å². The average Bonchev–Trinajstić information content (AvgIpc) is 2.95. The van der Waals surface area contributed by atoms with Crippen molar-refractivity contribution >= 4 is 17.6 Å². The molecule has 0 aliphatic heterocycles. The number of carbonyl (C=O) groups is 2. The molecule has 6 nitrogen and oxygen atoms in total. The second-order valence-electron chi connectivity index (χ2n) is 5.72. The molecule has 4 N–H and O–H groups in total. The van der Waals surface area contributed by atoms with Gasteiger partial charge >= 0.3 is 11.9 Å². The van der Waals surface area contributed by atoms with Crippen molar-refractivity contribution in [1.29, 1.82) is 0 Å². The lowest BCUT2D eigenvalue weighted by molar-refractivity contribution is -0.143. The van der Waals surface area contributed by atoms with Crippen LogP contribution in [0.25, 0.3) is 0 Å². The van der Waals surface area contributed by atoms with Crippen molar-refractivity contribution in [1.82, 2.24) is 4.98 Å². The molecule has 6 heteroatoms. The molecule has 0 aromatic carbocycles. The van der Waals surface area contributed by atoms with Crippen LogP contribution < -0.4 is 5.73 Å². The molecule has 0 saturated heterocycles. The molecule has 2 aliphatic carbocycles. The summed E-state index contributed by atoms with van der Waals surface area (Å²) < 4.78 is 0. The van der Waals surface area contributed by atoms with Crippen molar-refractivity contribution in [3.63, 3.8) is 0 Å². The van der Waals surface area contributed by atoms with Gasteiger partial charge in [-0.25, -0.2) is 0 Å². The lowest BCUT2D eigenvalue weighted by atomic mass is 9.92. The van der Waals surface area contributed by atoms with Crippen LogP contribution in [0.1, 0.15) is 54.6 Å². The summed E-state index contributed by atoms with van der Waals surface area (Å²) in [6, 6.07) is 0. The largest absolute Gasteiger partial charge is 0.481 e. The van der Waals surface area contributed by atoms with Crippen molar-refractivity contribution < 1.29 is 19.8 Å². The Bertz CT molecular complexity index is 570. The van der Waals surface area contributed by atoms with Crippen LogP contribution in [0.2, 0.25) is 0 Å². The number of aliphatic carboxylic acids is 2. The molecule has 0 unspecified atom stereocenters. The summed E-state index contributed by atoms with van der Waals surface area (Å²) in [6.45, 7) is 0. The van der Waals surface area contributed by atoms with Crippen LogP contribution in [0.5, 0.6) is 0 Å². The van der Waals surface area contributed by atoms with E-state index in [2.05, 4.69) is 0 Å². The predicted molar refractivity (Wildman–Crippen MR) is 81.8 cm³/mol. The molecular weight excluding hydrogens is 284 g/mol. The first kappa shape index (κ1) is 16.3. The van der Waals surface area contributed by atoms with Gasteiger partial charge in [-0.05, 0) is 56.1 Å². The molecule has 0 radical (unpaired) electrons. The Balaban J connectivity index is 0.000000192. The fourth-order valence-electron chi connectivity index (χ4n) is 3.00. The standard InChI is InChI=1S/C12H16N2.C4H6O4/c13-12-8-4-1-2-6-10(8)14-11-7-3-5-9(11)12;5-3(6)1-2-4(7)8/h1-7H2,(H2,13,14);1-2H2,(H,5,6)(H,7,8). The minimum absolute atomic E-state index is 0.296. The molecular formula is C16H22N2O4. The molecule has 0 bridgehead atoms. The molecule has 1 heterocycles. The highest BCUT2D eigenvalue weighted by Gasteiger charge is 2.22. The Morgan fingerprint density at radius 3 is 1.86 bits per heavy atom. The van der Waals surface area contributed by atoms with Gasteiger partial charge in [0.05, 0.1) is 12.8 Å². The monoisotopic (exact) mass is 306 g/mol. The van der Waals surface area contributed by atoms with Crippen molar-refractivity contribution in [3.8, 4) is 0 Å². The number of hydrogen-bond acceptors (Lipinski definition) is 4. The molecule has 3 rings (SSSR count). The molecule has 2 aliphatic rings. The highest BCUT2D eigenvalue weighted by molar-refractivity contribution is 5.75. The van der Waals surface area contributed by atoms with E-state index in [1.807, 2.05) is 0 Å². The summed E-state index contributed by atoms with van der Waals surface area (Å²) in [5, 5.41) is 15.8. The van der Waals surface area contributed by atoms with Crippen LogP contribution >= 0.6 is 0 Å². The van der Waals surface area contributed by atoms with Gasteiger partial charge in [0, 0.05) is 17.1 Å². The van der Waals surface area contributed by atoms with Crippen LogP contribution in [-0.2, 0) is 35.3 Å². The third kappa shape index (κ3) is 3.96. The van der Waals surface area contributed by atoms with E-state index in [1.54, 1.807) is 0 Å². The molecule has 0 spiro atoms. The van der Waals surface area contributed by atoms with Crippen LogP contribution in [-0.4, -0.2) is 27.1 Å². The molecule has 1 aromatic rings. The van der Waals surface area contributed by atoms with E-state index in [9.17, 15) is 9.59 Å². The first-order valence-electron chi connectivity index (χ1n) is 7.71. The number of anilines is 1. The van der Waals surface area contributed by atoms with E-state index in [1.165, 1.54) is 41.8 Å². The topological polar surface area (TPSA) is 114 Å². The first-order valence-corrected chi connectivity index (χ1v) is 7.71. The van der Waals surface area contributed by atoms with Gasteiger partial charge in [0.2, 0.25) is 0 Å². The van der Waals surface area contributed by atoms with Crippen LogP contribution in [0.4, 0.5) is 5.69 Å². The maximum Gasteiger partial charge on any atom is 0.303 e. The molecule has 0 fully saturated rings. The molecule has 22 heavy (non-hydrogen) atoms. The number of carboxylic acid groups (broad SMARTS) is 2. The smallest absolute Gasteiger partial charge is 0.303 e. The third-order valence-electron chi connectivity index (χ3n) is 4.10. The highest BCUT2D eigenvalue weighted by Crippen LogP contribution is 2.33. The quantitative estimate of drug-likeness (QED) is 0.786. The van der Waals surface area contributed by atoms with E-state index >= 15 is 0 Å². The minimum Gasteiger partial charge on any atom is -0.481 e. The summed E-state index contributed by atoms with van der Waals surface area (Å²) in [4.78, 5) is 24.1. The second-order valence-corrected chi connectivity index (χ2v) is 5.72. The van der Waals surface area contributed by atoms with Gasteiger partial charge in [-0.1, -0.05) is 0 Å². The number of pyridine rings is 1. The van der Waals surface area contributed by atoms with Gasteiger partial charge in [-0.3, -0.25) is 14.6 Å². The maximum atomic E-state index is 9.64. The summed E-state index contributed by atoms with van der Waals surface area (Å²) >= 11 is 0. The number of aromatic nitrogens is 1. The predicted octanol–water partition coefficient (Wildman–Crippen LogP) is 1.97. The number of carboxylic acids is 2. The molecule has 0 saturated carbocycles. The third-order valence-corrected chi connectivity index (χ3v) is 4.10. The number of nitrogens with zero attached hydrogens (tertiary/aromatic N) is 1. The first-order chi connectivity index (χ1) is 10.5. The zero-order valence-electron chi connectivity index (χ0n) is 12.6. The van der Waals surface area contributed by atoms with Crippen LogP contribution in [0, 0.1) is 0 Å². The van der Waals surface area contributed by atoms with E-state index in [0.717, 1.165) is 31.4 Å². The summed E-state index contributed by atoms with van der Waals surface area (Å²) in [5.74, 6) is -2.15. The number of aryl methyl sites for hydroxylation is 2. The number of fused-ring (bicyclic) bond motifs is 2. The number of nitrogens with two attached hydrogens (primary N) is 1. The van der Waals surface area contributed by atoms with E-state index in [-0.39, 0.29) is 12.8 Å². The Kier molecular flexibility index (Phi) is 5.35. The lowest BCUT2D eigenvalue weighted by Crippen LogP contribution is -2.12. The Hall–Kier alpha value is -2.11. The van der Waals surface area contributed by atoms with Crippen LogP contribution in [0.15, 0.2) is 0 Å². The molecule has 0 atom stereocenters. The van der Waals surface area contributed by atoms with Gasteiger partial charge in [0.25, 0.3) is 0 Å². The SMILES string of the molecule is Nc1c2c(nc3c1CCC3)CCCC2.O=C(O)CCC(=O)O. The minimum atomic E-state index is -1.08. The van der Waals surface area contributed by atoms with Crippen molar-refractivity contribution in [2.75, 3.05) is 5.73 Å². The van der Waals surface area contributed by atoms with Gasteiger partial charge in [-0.2, -0.15) is 0 Å². The Morgan fingerprint density at radius 1 is 0.864 bits per heavy atom. The van der Waals surface area contributed by atoms with Crippen molar-refractivity contribution in [3.05, 3.63) is 22.5 Å². The molecule has 120 valence electrons. The zero-order valence-corrected chi connectivity index (χ0v) is 12.6. The Morgan fingerprint density at radius 2 is 1.32 bits per heavy atom. The summed E-state index contributed by atoms with van der Waals surface area (Å²) in [5.41, 5.74) is 12.6. The fraction of sp³-hybridized carbons (Fsp3) is 0.562. The van der Waals surface area contributed by atoms with Crippen LogP contribution in [0.3, 0.4) is 0 Å². The van der Waals surface area contributed by atoms with Gasteiger partial charge in [0.1, 0.15) is 0 Å². The van der Waals surface area contributed by atoms with E-state index in [4.69, 9.17) is 20.9 Å². The van der Waals surface area contributed by atoms with Gasteiger partial charge in [0.15, 0.2) is 0 Å². The van der Waals surface area contributed by atoms with Gasteiger partial charge < -0.3 is 15.9 Å². The number of hydrogen-bond donors (Lipinski definition) is 3. The van der Waals surface area contributed by atoms with Gasteiger partial charge in [-0.15, -0.1) is 0 Å². The fourth-order valence-corrected chi connectivity index (χ4v) is 3.00. The van der Waals surface area contributed by atoms with Crippen molar-refractivity contribution in [2.24, 2.45) is 0 Å². The normalized spacial score (nSPS) is 15.3. The summed E-state index contributed by atoms with van der Waals surface area (Å²) in [7, 11) is 0. The maximum absolute atomic E-state index is 9.64. The number of rotatable bonds is 3. The van der Waals surface area contributed by atoms with E-state index < -0.39 is 11.9 Å². The summed E-state index contributed by atoms with van der Waals surface area (Å²) in [6.07, 6.45) is 7.83.